The number of allylic oxidation sites excluding steroid dienone is 1. The number of nitrogens with zero attached hydrogens (tertiary/aromatic N) is 1. The molecule has 0 aromatic carbocycles. The minimum absolute atomic E-state index is 0.000926. The van der Waals surface area contributed by atoms with Crippen molar-refractivity contribution in [3.8, 4) is 0 Å². The third-order valence-electron chi connectivity index (χ3n) is 3.47. The highest BCUT2D eigenvalue weighted by molar-refractivity contribution is 5.81. The lowest BCUT2D eigenvalue weighted by molar-refractivity contribution is -0.146. The predicted molar refractivity (Wildman–Crippen MR) is 61.1 cm³/mol. The van der Waals surface area contributed by atoms with Crippen molar-refractivity contribution < 1.29 is 30.0 Å². The highest BCUT2D eigenvalue weighted by atomic mass is 16.4. The summed E-state index contributed by atoms with van der Waals surface area (Å²) in [5, 5.41) is 37.3. The number of carboxylic acids is 1. The standard InChI is InChI=1S/C11H17NO6/c1-2-3-11(4-5-13)7(14)6-12(10(17)18)8(11)9(15)16/h2,7-8,13-14H,1,3-6H2,(H,15,16)(H,17,18)/t7?,8-,11+/m1/s1. The van der Waals surface area contributed by atoms with Gasteiger partial charge in [-0.2, -0.15) is 0 Å². The zero-order valence-electron chi connectivity index (χ0n) is 9.82. The van der Waals surface area contributed by atoms with Gasteiger partial charge < -0.3 is 20.4 Å². The number of carboxylic acid groups (broad SMARTS) is 2. The number of rotatable bonds is 5. The summed E-state index contributed by atoms with van der Waals surface area (Å²) < 4.78 is 0. The van der Waals surface area contributed by atoms with E-state index in [0.29, 0.717) is 4.90 Å². The molecule has 0 bridgehead atoms. The van der Waals surface area contributed by atoms with Crippen molar-refractivity contribution in [1.82, 2.24) is 4.90 Å². The second-order valence-corrected chi connectivity index (χ2v) is 4.39. The Morgan fingerprint density at radius 2 is 2.06 bits per heavy atom. The molecule has 1 aliphatic heterocycles. The van der Waals surface area contributed by atoms with Crippen molar-refractivity contribution in [1.29, 1.82) is 0 Å². The molecule has 7 nitrogen and oxygen atoms in total. The fraction of sp³-hybridized carbons (Fsp3) is 0.636. The Kier molecular flexibility index (Phi) is 4.31. The van der Waals surface area contributed by atoms with Gasteiger partial charge >= 0.3 is 12.1 Å². The van der Waals surface area contributed by atoms with Crippen molar-refractivity contribution in [3.63, 3.8) is 0 Å². The van der Waals surface area contributed by atoms with Crippen molar-refractivity contribution in [2.45, 2.75) is 25.0 Å². The normalized spacial score (nSPS) is 31.3. The van der Waals surface area contributed by atoms with Crippen LogP contribution in [0.25, 0.3) is 0 Å². The second kappa shape index (κ2) is 5.36. The lowest BCUT2D eigenvalue weighted by Crippen LogP contribution is -2.49. The monoisotopic (exact) mass is 259 g/mol. The number of β-amino-alcohol motifs (C(OH)–C–C–N with tert-alkyl or cyclic N) is 1. The Morgan fingerprint density at radius 3 is 2.44 bits per heavy atom. The van der Waals surface area contributed by atoms with Crippen molar-refractivity contribution in [2.24, 2.45) is 5.41 Å². The van der Waals surface area contributed by atoms with Gasteiger partial charge in [0.25, 0.3) is 0 Å². The van der Waals surface area contributed by atoms with E-state index >= 15 is 0 Å². The van der Waals surface area contributed by atoms with E-state index in [1.54, 1.807) is 0 Å². The highest BCUT2D eigenvalue weighted by Gasteiger charge is 2.57. The Labute approximate surface area is 104 Å². The molecule has 0 aromatic rings. The topological polar surface area (TPSA) is 118 Å². The molecule has 1 amide bonds. The zero-order chi connectivity index (χ0) is 13.9. The molecule has 1 saturated heterocycles. The molecule has 1 heterocycles. The summed E-state index contributed by atoms with van der Waals surface area (Å²) >= 11 is 0. The van der Waals surface area contributed by atoms with Crippen molar-refractivity contribution >= 4 is 12.1 Å². The first kappa shape index (κ1) is 14.5. The van der Waals surface area contributed by atoms with Crippen LogP contribution in [0.1, 0.15) is 12.8 Å². The maximum absolute atomic E-state index is 11.3. The summed E-state index contributed by atoms with van der Waals surface area (Å²) in [6.07, 6.45) is -0.985. The highest BCUT2D eigenvalue weighted by Crippen LogP contribution is 2.43. The molecule has 0 radical (unpaired) electrons. The first-order valence-electron chi connectivity index (χ1n) is 5.53. The molecule has 4 N–H and O–H groups in total. The van der Waals surface area contributed by atoms with Crippen LogP contribution in [0.3, 0.4) is 0 Å². The molecule has 1 aliphatic rings. The SMILES string of the molecule is C=CC[C@]1(CCO)C(O)CN(C(=O)O)[C@@H]1C(=O)O. The molecule has 0 aromatic heterocycles. The van der Waals surface area contributed by atoms with Gasteiger partial charge in [-0.3, -0.25) is 4.90 Å². The van der Waals surface area contributed by atoms with Gasteiger partial charge in [0.05, 0.1) is 12.6 Å². The first-order valence-corrected chi connectivity index (χ1v) is 5.53. The largest absolute Gasteiger partial charge is 0.480 e. The van der Waals surface area contributed by atoms with Crippen LogP contribution in [-0.4, -0.2) is 62.7 Å². The Bertz CT molecular complexity index is 357. The zero-order valence-corrected chi connectivity index (χ0v) is 9.82. The molecule has 0 aliphatic carbocycles. The summed E-state index contributed by atoms with van der Waals surface area (Å²) in [5.41, 5.74) is -1.22. The second-order valence-electron chi connectivity index (χ2n) is 4.39. The molecule has 1 fully saturated rings. The molecule has 3 atom stereocenters. The van der Waals surface area contributed by atoms with Crippen LogP contribution in [0.2, 0.25) is 0 Å². The molecule has 0 saturated carbocycles. The number of amides is 1. The fourth-order valence-electron chi connectivity index (χ4n) is 2.66. The average Bonchev–Trinajstić information content (AvgIpc) is 2.54. The molecule has 1 unspecified atom stereocenters. The molecule has 102 valence electrons. The number of hydrogen-bond donors (Lipinski definition) is 4. The predicted octanol–water partition coefficient (Wildman–Crippen LogP) is -0.261. The Morgan fingerprint density at radius 1 is 1.44 bits per heavy atom. The number of aliphatic carboxylic acids is 1. The van der Waals surface area contributed by atoms with Gasteiger partial charge in [-0.15, -0.1) is 6.58 Å². The van der Waals surface area contributed by atoms with Gasteiger partial charge in [-0.1, -0.05) is 6.08 Å². The van der Waals surface area contributed by atoms with Crippen LogP contribution in [0.5, 0.6) is 0 Å². The minimum atomic E-state index is -1.40. The first-order chi connectivity index (χ1) is 8.40. The quantitative estimate of drug-likeness (QED) is 0.505. The van der Waals surface area contributed by atoms with Crippen molar-refractivity contribution in [3.05, 3.63) is 12.7 Å². The van der Waals surface area contributed by atoms with Gasteiger partial charge in [0, 0.05) is 12.0 Å². The van der Waals surface area contributed by atoms with E-state index in [1.165, 1.54) is 6.08 Å². The van der Waals surface area contributed by atoms with E-state index in [4.69, 9.17) is 10.2 Å². The van der Waals surface area contributed by atoms with E-state index in [9.17, 15) is 19.8 Å². The third-order valence-corrected chi connectivity index (χ3v) is 3.47. The third kappa shape index (κ3) is 2.19. The van der Waals surface area contributed by atoms with Gasteiger partial charge in [0.2, 0.25) is 0 Å². The Balaban J connectivity index is 3.22. The summed E-state index contributed by atoms with van der Waals surface area (Å²) in [6.45, 7) is 2.89. The fourth-order valence-corrected chi connectivity index (χ4v) is 2.66. The number of aliphatic hydroxyl groups excluding tert-OH is 2. The molecule has 1 rings (SSSR count). The summed E-state index contributed by atoms with van der Waals surface area (Å²) in [6, 6.07) is -1.38. The van der Waals surface area contributed by atoms with Gasteiger partial charge in [0.15, 0.2) is 0 Å². The van der Waals surface area contributed by atoms with Crippen LogP contribution in [0, 0.1) is 5.41 Å². The van der Waals surface area contributed by atoms with Gasteiger partial charge in [-0.05, 0) is 12.8 Å². The maximum Gasteiger partial charge on any atom is 0.408 e. The summed E-state index contributed by atoms with van der Waals surface area (Å²) in [7, 11) is 0. The van der Waals surface area contributed by atoms with Crippen molar-refractivity contribution in [2.75, 3.05) is 13.2 Å². The van der Waals surface area contributed by atoms with Crippen LogP contribution < -0.4 is 0 Å². The molecular formula is C11H17NO6. The van der Waals surface area contributed by atoms with E-state index in [0.717, 1.165) is 0 Å². The number of carbonyl (C=O) groups is 2. The van der Waals surface area contributed by atoms with Crippen LogP contribution in [0.4, 0.5) is 4.79 Å². The smallest absolute Gasteiger partial charge is 0.408 e. The molecular weight excluding hydrogens is 242 g/mol. The van der Waals surface area contributed by atoms with E-state index < -0.39 is 29.6 Å². The Hall–Kier alpha value is -1.60. The summed E-state index contributed by atoms with van der Waals surface area (Å²) in [4.78, 5) is 23.0. The van der Waals surface area contributed by atoms with E-state index in [1.807, 2.05) is 0 Å². The van der Waals surface area contributed by atoms with Gasteiger partial charge in [0.1, 0.15) is 6.04 Å². The minimum Gasteiger partial charge on any atom is -0.480 e. The number of hydrogen-bond acceptors (Lipinski definition) is 4. The molecule has 7 heteroatoms. The van der Waals surface area contributed by atoms with Crippen LogP contribution in [0.15, 0.2) is 12.7 Å². The lowest BCUT2D eigenvalue weighted by Gasteiger charge is -2.35. The maximum atomic E-state index is 11.3. The van der Waals surface area contributed by atoms with E-state index in [2.05, 4.69) is 6.58 Å². The number of aliphatic hydroxyl groups is 2. The summed E-state index contributed by atoms with van der Waals surface area (Å²) in [5.74, 6) is -1.33. The van der Waals surface area contributed by atoms with E-state index in [-0.39, 0.29) is 26.0 Å². The van der Waals surface area contributed by atoms with Gasteiger partial charge in [-0.25, -0.2) is 9.59 Å². The van der Waals surface area contributed by atoms with Crippen LogP contribution >= 0.6 is 0 Å². The molecule has 0 spiro atoms. The average molecular weight is 259 g/mol. The number of likely N-dealkylation sites (tertiary alicyclic amines) is 1. The lowest BCUT2D eigenvalue weighted by atomic mass is 9.73. The molecule has 18 heavy (non-hydrogen) atoms. The van der Waals surface area contributed by atoms with Crippen LogP contribution in [-0.2, 0) is 4.79 Å².